The molecule has 0 unspecified atom stereocenters. The lowest BCUT2D eigenvalue weighted by atomic mass is 10.1. The molecule has 3 aromatic rings. The van der Waals surface area contributed by atoms with Gasteiger partial charge in [-0.25, -0.2) is 8.78 Å². The number of hydrogen-bond acceptors (Lipinski definition) is 3. The smallest absolute Gasteiger partial charge is 0.326 e. The molecule has 1 aliphatic carbocycles. The Morgan fingerprint density at radius 1 is 0.837 bits per heavy atom. The molecule has 1 saturated carbocycles. The first-order valence-electron chi connectivity index (χ1n) is 12.1. The maximum Gasteiger partial charge on any atom is 0.389 e. The highest BCUT2D eigenvalue weighted by Gasteiger charge is 2.67. The molecule has 0 heterocycles. The summed E-state index contributed by atoms with van der Waals surface area (Å²) >= 11 is 30.9. The van der Waals surface area contributed by atoms with Crippen LogP contribution >= 0.6 is 58.0 Å². The van der Waals surface area contributed by atoms with E-state index in [9.17, 15) is 36.3 Å². The van der Waals surface area contributed by atoms with E-state index in [4.69, 9.17) is 58.0 Å². The van der Waals surface area contributed by atoms with Crippen molar-refractivity contribution in [2.75, 3.05) is 16.0 Å². The Labute approximate surface area is 265 Å². The molecule has 6 nitrogen and oxygen atoms in total. The van der Waals surface area contributed by atoms with Crippen LogP contribution in [0.3, 0.4) is 0 Å². The maximum atomic E-state index is 15.0. The molecule has 0 aromatic heterocycles. The zero-order chi connectivity index (χ0) is 31.9. The summed E-state index contributed by atoms with van der Waals surface area (Å²) in [5.41, 5.74) is -1.23. The zero-order valence-corrected chi connectivity index (χ0v) is 25.0. The predicted molar refractivity (Wildman–Crippen MR) is 155 cm³/mol. The van der Waals surface area contributed by atoms with Gasteiger partial charge in [0.2, 0.25) is 11.8 Å². The molecule has 1 fully saturated rings. The highest BCUT2D eigenvalue weighted by Crippen LogP contribution is 2.65. The minimum absolute atomic E-state index is 0.0978. The Kier molecular flexibility index (Phi) is 9.73. The lowest BCUT2D eigenvalue weighted by Crippen LogP contribution is -2.20. The minimum Gasteiger partial charge on any atom is -0.326 e. The summed E-state index contributed by atoms with van der Waals surface area (Å²) < 4.78 is 64.8. The number of nitrogens with one attached hydrogen (secondary N) is 3. The summed E-state index contributed by atoms with van der Waals surface area (Å²) in [6.45, 7) is 0. The maximum absolute atomic E-state index is 15.0. The van der Waals surface area contributed by atoms with Gasteiger partial charge in [0.1, 0.15) is 15.8 Å². The monoisotopic (exact) mass is 701 g/mol. The summed E-state index contributed by atoms with van der Waals surface area (Å²) in [5, 5.41) is 6.93. The van der Waals surface area contributed by atoms with Gasteiger partial charge in [0.15, 0.2) is 5.82 Å². The van der Waals surface area contributed by atoms with Gasteiger partial charge in [-0.3, -0.25) is 14.4 Å². The number of carbonyl (C=O) groups excluding carboxylic acids is 3. The molecule has 0 saturated heterocycles. The fourth-order valence-electron chi connectivity index (χ4n) is 4.18. The molecule has 3 aromatic carbocycles. The molecule has 2 atom stereocenters. The number of halogens is 10. The highest BCUT2D eigenvalue weighted by atomic mass is 35.5. The first-order chi connectivity index (χ1) is 20.0. The fraction of sp³-hybridized carbons (Fsp3) is 0.222. The lowest BCUT2D eigenvalue weighted by molar-refractivity contribution is -0.142. The average molecular weight is 704 g/mol. The second-order valence-corrected chi connectivity index (χ2v) is 12.1. The first kappa shape index (κ1) is 33.1. The van der Waals surface area contributed by atoms with Gasteiger partial charge >= 0.3 is 6.18 Å². The van der Waals surface area contributed by atoms with E-state index in [1.54, 1.807) is 17.4 Å². The molecule has 4 rings (SSSR count). The average Bonchev–Trinajstić information content (AvgIpc) is 3.50. The van der Waals surface area contributed by atoms with E-state index in [1.165, 1.54) is 24.3 Å². The minimum atomic E-state index is -4.65. The van der Waals surface area contributed by atoms with Gasteiger partial charge in [0, 0.05) is 18.0 Å². The molecule has 16 heteroatoms. The molecule has 3 amide bonds. The van der Waals surface area contributed by atoms with Gasteiger partial charge in [-0.15, -0.1) is 23.2 Å². The van der Waals surface area contributed by atoms with E-state index >= 15 is 0 Å². The van der Waals surface area contributed by atoms with E-state index in [0.717, 1.165) is 6.07 Å². The van der Waals surface area contributed by atoms with Gasteiger partial charge in [-0.1, -0.05) is 40.9 Å². The molecule has 43 heavy (non-hydrogen) atoms. The third-order valence-electron chi connectivity index (χ3n) is 6.36. The van der Waals surface area contributed by atoms with Crippen LogP contribution in [0, 0.1) is 17.6 Å². The van der Waals surface area contributed by atoms with E-state index in [2.05, 4.69) is 10.6 Å². The van der Waals surface area contributed by atoms with Crippen LogP contribution in [0.1, 0.15) is 34.7 Å². The van der Waals surface area contributed by atoms with Crippen LogP contribution < -0.4 is 16.0 Å². The topological polar surface area (TPSA) is 87.3 Å². The standard InChI is InChI=1S/C27H17Cl5F5N3O3/c28-14-4-2-12(38-25(43)21-20(27(21,31)32)11-1-3-15(29)16(30)9-11)10-13(14)24(42)39-18-6-5-17(33)23(22(18)34)40-19(41)7-8-26(35,36)37/h1-6,9-10,20-21H,7-8H2,(H,38,43)(H,39,42)(H,40,41)/t20-,21+/m0/s1. The Morgan fingerprint density at radius 2 is 1.51 bits per heavy atom. The Bertz CT molecular complexity index is 1620. The molecule has 228 valence electrons. The van der Waals surface area contributed by atoms with Crippen LogP contribution in [0.2, 0.25) is 15.1 Å². The van der Waals surface area contributed by atoms with Crippen LogP contribution in [0.5, 0.6) is 0 Å². The van der Waals surface area contributed by atoms with Crippen molar-refractivity contribution in [2.24, 2.45) is 5.92 Å². The number of amides is 3. The summed E-state index contributed by atoms with van der Waals surface area (Å²) in [5.74, 6) is -7.13. The molecular formula is C27H17Cl5F5N3O3. The largest absolute Gasteiger partial charge is 0.389 e. The van der Waals surface area contributed by atoms with Crippen molar-refractivity contribution >= 4 is 92.8 Å². The predicted octanol–water partition coefficient (Wildman–Crippen LogP) is 8.98. The van der Waals surface area contributed by atoms with Crippen molar-refractivity contribution in [2.45, 2.75) is 29.3 Å². The number of alkyl halides is 5. The summed E-state index contributed by atoms with van der Waals surface area (Å²) in [4.78, 5) is 37.8. The fourth-order valence-corrected chi connectivity index (χ4v) is 5.52. The zero-order valence-electron chi connectivity index (χ0n) is 21.2. The third kappa shape index (κ3) is 7.64. The van der Waals surface area contributed by atoms with Crippen molar-refractivity contribution < 1.29 is 36.3 Å². The van der Waals surface area contributed by atoms with Crippen LogP contribution in [0.25, 0.3) is 0 Å². The van der Waals surface area contributed by atoms with E-state index < -0.39 is 75.9 Å². The van der Waals surface area contributed by atoms with Crippen LogP contribution in [-0.2, 0) is 9.59 Å². The number of benzene rings is 3. The number of rotatable bonds is 8. The molecule has 0 bridgehead atoms. The van der Waals surface area contributed by atoms with Gasteiger partial charge < -0.3 is 16.0 Å². The van der Waals surface area contributed by atoms with E-state index in [1.807, 2.05) is 0 Å². The van der Waals surface area contributed by atoms with Crippen molar-refractivity contribution in [3.05, 3.63) is 86.4 Å². The third-order valence-corrected chi connectivity index (χ3v) is 8.37. The molecule has 0 aliphatic heterocycles. The van der Waals surface area contributed by atoms with Crippen molar-refractivity contribution in [3.8, 4) is 0 Å². The van der Waals surface area contributed by atoms with Crippen molar-refractivity contribution in [1.82, 2.24) is 0 Å². The van der Waals surface area contributed by atoms with Crippen molar-refractivity contribution in [3.63, 3.8) is 0 Å². The van der Waals surface area contributed by atoms with Crippen LogP contribution in [0.15, 0.2) is 48.5 Å². The van der Waals surface area contributed by atoms with Crippen LogP contribution in [-0.4, -0.2) is 28.2 Å². The Balaban J connectivity index is 1.48. The molecule has 0 radical (unpaired) electrons. The molecular weight excluding hydrogens is 687 g/mol. The van der Waals surface area contributed by atoms with Gasteiger partial charge in [0.05, 0.1) is 38.7 Å². The quantitative estimate of drug-likeness (QED) is 0.162. The van der Waals surface area contributed by atoms with Gasteiger partial charge in [0.25, 0.3) is 5.91 Å². The molecule has 0 spiro atoms. The van der Waals surface area contributed by atoms with Gasteiger partial charge in [-0.2, -0.15) is 13.2 Å². The van der Waals surface area contributed by atoms with Crippen LogP contribution in [0.4, 0.5) is 39.0 Å². The highest BCUT2D eigenvalue weighted by molar-refractivity contribution is 6.53. The van der Waals surface area contributed by atoms with Gasteiger partial charge in [-0.05, 0) is 48.0 Å². The summed E-state index contributed by atoms with van der Waals surface area (Å²) in [6, 6.07) is 10.1. The number of hydrogen-bond donors (Lipinski definition) is 3. The summed E-state index contributed by atoms with van der Waals surface area (Å²) in [7, 11) is 0. The second-order valence-electron chi connectivity index (χ2n) is 9.39. The summed E-state index contributed by atoms with van der Waals surface area (Å²) in [6.07, 6.45) is -7.23. The normalized spacial score (nSPS) is 17.3. The van der Waals surface area contributed by atoms with E-state index in [-0.39, 0.29) is 21.3 Å². The SMILES string of the molecule is O=C(CCC(F)(F)F)Nc1c(F)ccc(NC(=O)c2cc(NC(=O)[C@H]3[C@H](c4ccc(Cl)c(Cl)c4)C3(Cl)Cl)ccc2Cl)c1F. The number of carbonyl (C=O) groups is 3. The molecule has 1 aliphatic rings. The first-order valence-corrected chi connectivity index (χ1v) is 14.0. The second kappa shape index (κ2) is 12.6. The Hall–Kier alpha value is -2.83. The molecule has 3 N–H and O–H groups in total. The lowest BCUT2D eigenvalue weighted by Gasteiger charge is -2.14. The van der Waals surface area contributed by atoms with Crippen molar-refractivity contribution in [1.29, 1.82) is 0 Å². The van der Waals surface area contributed by atoms with E-state index in [0.29, 0.717) is 16.7 Å². The Morgan fingerprint density at radius 3 is 2.16 bits per heavy atom. The number of anilines is 3.